The fraction of sp³-hybridized carbons (Fsp3) is 0.353. The number of aryl methyl sites for hydroxylation is 1. The lowest BCUT2D eigenvalue weighted by molar-refractivity contribution is 0.203. The van der Waals surface area contributed by atoms with Crippen LogP contribution in [0, 0.1) is 0 Å². The van der Waals surface area contributed by atoms with Crippen molar-refractivity contribution in [2.45, 2.75) is 19.9 Å². The minimum absolute atomic E-state index is 0.0359. The average molecular weight is 303 g/mol. The van der Waals surface area contributed by atoms with E-state index in [1.54, 1.807) is 6.08 Å². The van der Waals surface area contributed by atoms with E-state index in [2.05, 4.69) is 6.58 Å². The van der Waals surface area contributed by atoms with Crippen molar-refractivity contribution in [3.8, 4) is 5.75 Å². The predicted octanol–water partition coefficient (Wildman–Crippen LogP) is 2.04. The SMILES string of the molecule is C=CCN(CCO)Cc1cc(=O)oc2cc(O)c(CC)cc12. The number of nitrogens with zero attached hydrogens (tertiary/aromatic N) is 1. The first-order chi connectivity index (χ1) is 10.6. The molecule has 5 nitrogen and oxygen atoms in total. The van der Waals surface area contributed by atoms with Crippen LogP contribution in [0.2, 0.25) is 0 Å². The van der Waals surface area contributed by atoms with E-state index >= 15 is 0 Å². The van der Waals surface area contributed by atoms with Crippen molar-refractivity contribution in [2.24, 2.45) is 0 Å². The first-order valence-corrected chi connectivity index (χ1v) is 7.31. The van der Waals surface area contributed by atoms with Crippen molar-refractivity contribution in [1.29, 1.82) is 0 Å². The third-order valence-corrected chi connectivity index (χ3v) is 3.61. The van der Waals surface area contributed by atoms with E-state index in [1.807, 2.05) is 17.9 Å². The molecule has 0 atom stereocenters. The Bertz CT molecular complexity index is 720. The van der Waals surface area contributed by atoms with Gasteiger partial charge in [-0.15, -0.1) is 6.58 Å². The van der Waals surface area contributed by atoms with Gasteiger partial charge in [0, 0.05) is 37.2 Å². The molecule has 1 aromatic heterocycles. The lowest BCUT2D eigenvalue weighted by Gasteiger charge is -2.20. The zero-order chi connectivity index (χ0) is 16.1. The van der Waals surface area contributed by atoms with Crippen molar-refractivity contribution in [3.05, 3.63) is 52.4 Å². The van der Waals surface area contributed by atoms with E-state index in [0.717, 1.165) is 16.5 Å². The number of phenolic OH excluding ortho intramolecular Hbond substituents is 1. The summed E-state index contributed by atoms with van der Waals surface area (Å²) in [5.74, 6) is 0.133. The van der Waals surface area contributed by atoms with Gasteiger partial charge in [0.05, 0.1) is 6.61 Å². The van der Waals surface area contributed by atoms with E-state index in [-0.39, 0.29) is 12.4 Å². The molecule has 5 heteroatoms. The zero-order valence-corrected chi connectivity index (χ0v) is 12.7. The summed E-state index contributed by atoms with van der Waals surface area (Å²) in [6, 6.07) is 4.81. The number of aliphatic hydroxyl groups is 1. The summed E-state index contributed by atoms with van der Waals surface area (Å²) < 4.78 is 5.18. The number of benzene rings is 1. The summed E-state index contributed by atoms with van der Waals surface area (Å²) in [6.45, 7) is 7.30. The quantitative estimate of drug-likeness (QED) is 0.605. The summed E-state index contributed by atoms with van der Waals surface area (Å²) in [7, 11) is 0. The summed E-state index contributed by atoms with van der Waals surface area (Å²) in [6.07, 6.45) is 2.44. The van der Waals surface area contributed by atoms with Gasteiger partial charge in [-0.05, 0) is 23.6 Å². The van der Waals surface area contributed by atoms with Crippen LogP contribution in [0.5, 0.6) is 5.75 Å². The van der Waals surface area contributed by atoms with Crippen molar-refractivity contribution in [2.75, 3.05) is 19.7 Å². The van der Waals surface area contributed by atoms with E-state index in [0.29, 0.717) is 31.6 Å². The second kappa shape index (κ2) is 7.24. The molecule has 2 rings (SSSR count). The van der Waals surface area contributed by atoms with Crippen molar-refractivity contribution < 1.29 is 14.6 Å². The summed E-state index contributed by atoms with van der Waals surface area (Å²) in [5.41, 5.74) is 1.55. The molecule has 118 valence electrons. The molecule has 0 spiro atoms. The summed E-state index contributed by atoms with van der Waals surface area (Å²) in [4.78, 5) is 13.7. The Morgan fingerprint density at radius 3 is 2.73 bits per heavy atom. The molecule has 1 aromatic carbocycles. The molecule has 0 saturated carbocycles. The fourth-order valence-corrected chi connectivity index (χ4v) is 2.52. The van der Waals surface area contributed by atoms with E-state index < -0.39 is 5.63 Å². The van der Waals surface area contributed by atoms with Gasteiger partial charge in [0.15, 0.2) is 0 Å². The summed E-state index contributed by atoms with van der Waals surface area (Å²) >= 11 is 0. The maximum absolute atomic E-state index is 11.7. The van der Waals surface area contributed by atoms with Gasteiger partial charge in [0.1, 0.15) is 11.3 Å². The Labute approximate surface area is 129 Å². The molecule has 2 N–H and O–H groups in total. The highest BCUT2D eigenvalue weighted by Gasteiger charge is 2.12. The largest absolute Gasteiger partial charge is 0.508 e. The Hall–Kier alpha value is -2.11. The zero-order valence-electron chi connectivity index (χ0n) is 12.7. The van der Waals surface area contributed by atoms with Crippen molar-refractivity contribution >= 4 is 11.0 Å². The minimum Gasteiger partial charge on any atom is -0.508 e. The molecule has 22 heavy (non-hydrogen) atoms. The number of phenols is 1. The van der Waals surface area contributed by atoms with E-state index in [9.17, 15) is 9.90 Å². The number of fused-ring (bicyclic) bond motifs is 1. The van der Waals surface area contributed by atoms with Crippen LogP contribution in [0.4, 0.5) is 0 Å². The maximum atomic E-state index is 11.7. The van der Waals surface area contributed by atoms with E-state index in [4.69, 9.17) is 9.52 Å². The molecule has 0 radical (unpaired) electrons. The average Bonchev–Trinajstić information content (AvgIpc) is 2.47. The molecule has 0 aliphatic rings. The normalized spacial score (nSPS) is 11.2. The van der Waals surface area contributed by atoms with Crippen molar-refractivity contribution in [1.82, 2.24) is 4.90 Å². The Balaban J connectivity index is 2.51. The van der Waals surface area contributed by atoms with Crippen molar-refractivity contribution in [3.63, 3.8) is 0 Å². The Morgan fingerprint density at radius 2 is 2.09 bits per heavy atom. The highest BCUT2D eigenvalue weighted by molar-refractivity contribution is 5.82. The number of aliphatic hydroxyl groups excluding tert-OH is 1. The number of aromatic hydroxyl groups is 1. The second-order valence-corrected chi connectivity index (χ2v) is 5.17. The first-order valence-electron chi connectivity index (χ1n) is 7.31. The van der Waals surface area contributed by atoms with Crippen LogP contribution in [-0.4, -0.2) is 34.8 Å². The van der Waals surface area contributed by atoms with Crippen LogP contribution in [0.1, 0.15) is 18.1 Å². The molecule has 0 saturated heterocycles. The third-order valence-electron chi connectivity index (χ3n) is 3.61. The molecule has 0 fully saturated rings. The monoisotopic (exact) mass is 303 g/mol. The van der Waals surface area contributed by atoms with Gasteiger partial charge in [0.2, 0.25) is 0 Å². The third kappa shape index (κ3) is 3.55. The Kier molecular flexibility index (Phi) is 5.35. The standard InChI is InChI=1S/C17H21NO4/c1-3-5-18(6-7-19)11-13-9-17(21)22-16-10-15(20)12(4-2)8-14(13)16/h3,8-10,19-20H,1,4-7,11H2,2H3. The molecule has 0 aliphatic carbocycles. The molecular weight excluding hydrogens is 282 g/mol. The van der Waals surface area contributed by atoms with Crippen LogP contribution >= 0.6 is 0 Å². The molecule has 0 aliphatic heterocycles. The van der Waals surface area contributed by atoms with Crippen LogP contribution in [-0.2, 0) is 13.0 Å². The predicted molar refractivity (Wildman–Crippen MR) is 86.1 cm³/mol. The smallest absolute Gasteiger partial charge is 0.336 e. The number of hydrogen-bond donors (Lipinski definition) is 2. The summed E-state index contributed by atoms with van der Waals surface area (Å²) in [5, 5.41) is 19.9. The first kappa shape index (κ1) is 16.3. The highest BCUT2D eigenvalue weighted by atomic mass is 16.4. The van der Waals surface area contributed by atoms with Gasteiger partial charge in [-0.25, -0.2) is 4.79 Å². The van der Waals surface area contributed by atoms with Gasteiger partial charge in [0.25, 0.3) is 0 Å². The van der Waals surface area contributed by atoms with Gasteiger partial charge < -0.3 is 14.6 Å². The van der Waals surface area contributed by atoms with Crippen LogP contribution in [0.25, 0.3) is 11.0 Å². The molecule has 1 heterocycles. The van der Waals surface area contributed by atoms with Gasteiger partial charge >= 0.3 is 5.63 Å². The molecular formula is C17H21NO4. The van der Waals surface area contributed by atoms with Crippen LogP contribution in [0.3, 0.4) is 0 Å². The molecule has 2 aromatic rings. The Morgan fingerprint density at radius 1 is 1.32 bits per heavy atom. The second-order valence-electron chi connectivity index (χ2n) is 5.17. The molecule has 0 unspecified atom stereocenters. The van der Waals surface area contributed by atoms with Crippen LogP contribution in [0.15, 0.2) is 40.1 Å². The lowest BCUT2D eigenvalue weighted by Crippen LogP contribution is -2.27. The fourth-order valence-electron chi connectivity index (χ4n) is 2.52. The van der Waals surface area contributed by atoms with Gasteiger partial charge in [-0.3, -0.25) is 4.90 Å². The minimum atomic E-state index is -0.450. The van der Waals surface area contributed by atoms with Gasteiger partial charge in [-0.2, -0.15) is 0 Å². The highest BCUT2D eigenvalue weighted by Crippen LogP contribution is 2.27. The molecule has 0 bridgehead atoms. The maximum Gasteiger partial charge on any atom is 0.336 e. The van der Waals surface area contributed by atoms with Crippen LogP contribution < -0.4 is 5.63 Å². The van der Waals surface area contributed by atoms with E-state index in [1.165, 1.54) is 12.1 Å². The topological polar surface area (TPSA) is 73.9 Å². The number of hydrogen-bond acceptors (Lipinski definition) is 5. The lowest BCUT2D eigenvalue weighted by atomic mass is 10.0. The number of rotatable bonds is 7. The van der Waals surface area contributed by atoms with Gasteiger partial charge in [-0.1, -0.05) is 13.0 Å². The molecule has 0 amide bonds.